The molecule has 3 heteroatoms. The lowest BCUT2D eigenvalue weighted by molar-refractivity contribution is 0.441. The highest BCUT2D eigenvalue weighted by atomic mass is 16.4. The predicted molar refractivity (Wildman–Crippen MR) is 73.5 cm³/mol. The number of oxazole rings is 1. The highest BCUT2D eigenvalue weighted by Crippen LogP contribution is 2.24. The van der Waals surface area contributed by atoms with E-state index < -0.39 is 0 Å². The van der Waals surface area contributed by atoms with Crippen molar-refractivity contribution < 1.29 is 4.42 Å². The molecule has 0 aliphatic heterocycles. The molecule has 0 fully saturated rings. The molecule has 1 unspecified atom stereocenters. The van der Waals surface area contributed by atoms with Crippen LogP contribution in [0.25, 0.3) is 11.3 Å². The number of aromatic nitrogens is 1. The maximum atomic E-state index is 5.75. The minimum absolute atomic E-state index is 0.133. The van der Waals surface area contributed by atoms with Crippen LogP contribution in [0.4, 0.5) is 0 Å². The van der Waals surface area contributed by atoms with Crippen molar-refractivity contribution in [3.63, 3.8) is 0 Å². The highest BCUT2D eigenvalue weighted by Gasteiger charge is 2.11. The van der Waals surface area contributed by atoms with E-state index in [4.69, 9.17) is 4.42 Å². The van der Waals surface area contributed by atoms with Crippen LogP contribution in [0.2, 0.25) is 0 Å². The van der Waals surface area contributed by atoms with Gasteiger partial charge in [0, 0.05) is 5.56 Å². The smallest absolute Gasteiger partial charge is 0.211 e. The zero-order chi connectivity index (χ0) is 13.1. The van der Waals surface area contributed by atoms with Gasteiger partial charge in [-0.15, -0.1) is 0 Å². The molecule has 1 N–H and O–H groups in total. The van der Waals surface area contributed by atoms with Crippen molar-refractivity contribution in [2.45, 2.75) is 32.7 Å². The number of nitrogens with one attached hydrogen (secondary N) is 1. The van der Waals surface area contributed by atoms with E-state index in [0.717, 1.165) is 17.2 Å². The summed E-state index contributed by atoms with van der Waals surface area (Å²) >= 11 is 0. The van der Waals surface area contributed by atoms with Crippen LogP contribution >= 0.6 is 0 Å². The van der Waals surface area contributed by atoms with Crippen molar-refractivity contribution in [1.29, 1.82) is 0 Å². The third-order valence-corrected chi connectivity index (χ3v) is 3.19. The molecule has 0 aliphatic rings. The van der Waals surface area contributed by atoms with Gasteiger partial charge in [-0.05, 0) is 25.5 Å². The highest BCUT2D eigenvalue weighted by molar-refractivity contribution is 5.56. The largest absolute Gasteiger partial charge is 0.439 e. The zero-order valence-corrected chi connectivity index (χ0v) is 11.4. The molecule has 1 heterocycles. The van der Waals surface area contributed by atoms with Crippen molar-refractivity contribution >= 4 is 0 Å². The van der Waals surface area contributed by atoms with Crippen LogP contribution in [0.1, 0.15) is 44.2 Å². The zero-order valence-electron chi connectivity index (χ0n) is 11.4. The van der Waals surface area contributed by atoms with Crippen molar-refractivity contribution in [3.8, 4) is 11.3 Å². The van der Waals surface area contributed by atoms with Crippen molar-refractivity contribution in [2.24, 2.45) is 0 Å². The Morgan fingerprint density at radius 2 is 1.78 bits per heavy atom. The van der Waals surface area contributed by atoms with Gasteiger partial charge in [0.1, 0.15) is 0 Å². The SMILES string of the molecule is CNC(C)c1ncc(-c2ccc(C(C)C)cc2)o1. The molecule has 1 aromatic carbocycles. The number of hydrogen-bond acceptors (Lipinski definition) is 3. The Labute approximate surface area is 108 Å². The van der Waals surface area contributed by atoms with Gasteiger partial charge < -0.3 is 9.73 Å². The molecule has 0 bridgehead atoms. The lowest BCUT2D eigenvalue weighted by atomic mass is 10.0. The van der Waals surface area contributed by atoms with E-state index in [-0.39, 0.29) is 6.04 Å². The first kappa shape index (κ1) is 12.8. The summed E-state index contributed by atoms with van der Waals surface area (Å²) in [4.78, 5) is 4.29. The standard InChI is InChI=1S/C15H20N2O/c1-10(2)12-5-7-13(8-6-12)14-9-17-15(18-14)11(3)16-4/h5-11,16H,1-4H3. The minimum atomic E-state index is 0.133. The number of benzene rings is 1. The van der Waals surface area contributed by atoms with Crippen LogP contribution < -0.4 is 5.32 Å². The molecule has 0 spiro atoms. The topological polar surface area (TPSA) is 38.1 Å². The Kier molecular flexibility index (Phi) is 3.82. The van der Waals surface area contributed by atoms with Crippen LogP contribution in [0, 0.1) is 0 Å². The maximum absolute atomic E-state index is 5.75. The average Bonchev–Trinajstić information content (AvgIpc) is 2.87. The second kappa shape index (κ2) is 5.36. The van der Waals surface area contributed by atoms with Crippen molar-refractivity contribution in [2.75, 3.05) is 7.05 Å². The Bertz CT molecular complexity index is 499. The fraction of sp³-hybridized carbons (Fsp3) is 0.400. The molecule has 0 saturated heterocycles. The third kappa shape index (κ3) is 2.62. The van der Waals surface area contributed by atoms with E-state index in [0.29, 0.717) is 5.92 Å². The van der Waals surface area contributed by atoms with E-state index >= 15 is 0 Å². The van der Waals surface area contributed by atoms with Gasteiger partial charge in [-0.25, -0.2) is 4.98 Å². The third-order valence-electron chi connectivity index (χ3n) is 3.19. The van der Waals surface area contributed by atoms with Gasteiger partial charge in [-0.2, -0.15) is 0 Å². The molecule has 1 aromatic heterocycles. The number of rotatable bonds is 4. The van der Waals surface area contributed by atoms with Gasteiger partial charge in [0.15, 0.2) is 5.76 Å². The van der Waals surface area contributed by atoms with Gasteiger partial charge >= 0.3 is 0 Å². The Morgan fingerprint density at radius 3 is 2.33 bits per heavy atom. The van der Waals surface area contributed by atoms with Gasteiger partial charge in [0.25, 0.3) is 0 Å². The minimum Gasteiger partial charge on any atom is -0.439 e. The lowest BCUT2D eigenvalue weighted by Crippen LogP contribution is -2.12. The van der Waals surface area contributed by atoms with E-state index in [2.05, 4.69) is 48.4 Å². The average molecular weight is 244 g/mol. The van der Waals surface area contributed by atoms with Crippen LogP contribution in [-0.2, 0) is 0 Å². The summed E-state index contributed by atoms with van der Waals surface area (Å²) in [5.74, 6) is 2.09. The fourth-order valence-electron chi connectivity index (χ4n) is 1.78. The number of nitrogens with zero attached hydrogens (tertiary/aromatic N) is 1. The van der Waals surface area contributed by atoms with Gasteiger partial charge in [0.05, 0.1) is 12.2 Å². The van der Waals surface area contributed by atoms with Crippen molar-refractivity contribution in [3.05, 3.63) is 41.9 Å². The van der Waals surface area contributed by atoms with E-state index in [1.54, 1.807) is 6.20 Å². The van der Waals surface area contributed by atoms with E-state index in [1.165, 1.54) is 5.56 Å². The van der Waals surface area contributed by atoms with Gasteiger partial charge in [-0.3, -0.25) is 0 Å². The molecular weight excluding hydrogens is 224 g/mol. The van der Waals surface area contributed by atoms with Gasteiger partial charge in [0.2, 0.25) is 5.89 Å². The molecule has 1 atom stereocenters. The molecule has 2 rings (SSSR count). The Hall–Kier alpha value is -1.61. The van der Waals surface area contributed by atoms with Crippen molar-refractivity contribution in [1.82, 2.24) is 10.3 Å². The predicted octanol–water partition coefficient (Wildman–Crippen LogP) is 3.75. The molecule has 0 aliphatic carbocycles. The monoisotopic (exact) mass is 244 g/mol. The lowest BCUT2D eigenvalue weighted by Gasteiger charge is -2.06. The summed E-state index contributed by atoms with van der Waals surface area (Å²) in [5, 5.41) is 3.11. The summed E-state index contributed by atoms with van der Waals surface area (Å²) in [6.45, 7) is 6.41. The van der Waals surface area contributed by atoms with Crippen LogP contribution in [0.15, 0.2) is 34.9 Å². The number of hydrogen-bond donors (Lipinski definition) is 1. The second-order valence-electron chi connectivity index (χ2n) is 4.85. The molecule has 18 heavy (non-hydrogen) atoms. The molecule has 0 radical (unpaired) electrons. The first-order valence-electron chi connectivity index (χ1n) is 6.35. The second-order valence-corrected chi connectivity index (χ2v) is 4.85. The van der Waals surface area contributed by atoms with Crippen LogP contribution in [0.5, 0.6) is 0 Å². The van der Waals surface area contributed by atoms with E-state index in [1.807, 2.05) is 14.0 Å². The molecule has 3 nitrogen and oxygen atoms in total. The Balaban J connectivity index is 2.23. The van der Waals surface area contributed by atoms with Crippen LogP contribution in [-0.4, -0.2) is 12.0 Å². The van der Waals surface area contributed by atoms with Gasteiger partial charge in [-0.1, -0.05) is 38.1 Å². The molecule has 0 amide bonds. The summed E-state index contributed by atoms with van der Waals surface area (Å²) in [5.41, 5.74) is 2.41. The summed E-state index contributed by atoms with van der Waals surface area (Å²) in [6.07, 6.45) is 1.79. The Morgan fingerprint density at radius 1 is 1.11 bits per heavy atom. The molecule has 96 valence electrons. The fourth-order valence-corrected chi connectivity index (χ4v) is 1.78. The van der Waals surface area contributed by atoms with Crippen LogP contribution in [0.3, 0.4) is 0 Å². The quantitative estimate of drug-likeness (QED) is 0.890. The van der Waals surface area contributed by atoms with E-state index in [9.17, 15) is 0 Å². The summed E-state index contributed by atoms with van der Waals surface area (Å²) in [6, 6.07) is 8.59. The normalized spacial score (nSPS) is 12.9. The summed E-state index contributed by atoms with van der Waals surface area (Å²) in [7, 11) is 1.89. The molecule has 2 aromatic rings. The first-order chi connectivity index (χ1) is 8.61. The maximum Gasteiger partial charge on any atom is 0.211 e. The molecule has 0 saturated carbocycles. The molecular formula is C15H20N2O. The summed E-state index contributed by atoms with van der Waals surface area (Å²) < 4.78 is 5.75. The first-order valence-corrected chi connectivity index (χ1v) is 6.35.